The van der Waals surface area contributed by atoms with Gasteiger partial charge in [-0.05, 0) is 32.0 Å². The third-order valence-corrected chi connectivity index (χ3v) is 3.80. The minimum Gasteiger partial charge on any atom is -0.329 e. The highest BCUT2D eigenvalue weighted by Crippen LogP contribution is 2.30. The first-order chi connectivity index (χ1) is 8.73. The molecule has 1 unspecified atom stereocenters. The van der Waals surface area contributed by atoms with Gasteiger partial charge in [-0.15, -0.1) is 0 Å². The number of benzene rings is 1. The second-order valence-corrected chi connectivity index (χ2v) is 5.11. The van der Waals surface area contributed by atoms with Crippen LogP contribution in [-0.4, -0.2) is 24.0 Å². The number of alkyl halides is 3. The van der Waals surface area contributed by atoms with E-state index in [1.165, 1.54) is 12.1 Å². The van der Waals surface area contributed by atoms with Gasteiger partial charge in [0.15, 0.2) is 0 Å². The molecule has 0 spiro atoms. The first-order valence-corrected chi connectivity index (χ1v) is 6.30. The molecule has 0 radical (unpaired) electrons. The van der Waals surface area contributed by atoms with Crippen LogP contribution in [0.2, 0.25) is 0 Å². The van der Waals surface area contributed by atoms with Gasteiger partial charge in [0.1, 0.15) is 0 Å². The molecule has 2 nitrogen and oxygen atoms in total. The Morgan fingerprint density at radius 2 is 1.89 bits per heavy atom. The summed E-state index contributed by atoms with van der Waals surface area (Å²) in [5.74, 6) is 0. The minimum absolute atomic E-state index is 0.200. The summed E-state index contributed by atoms with van der Waals surface area (Å²) in [6, 6.07) is 5.44. The van der Waals surface area contributed by atoms with E-state index in [-0.39, 0.29) is 5.54 Å². The van der Waals surface area contributed by atoms with Crippen molar-refractivity contribution in [1.29, 1.82) is 0 Å². The maximum atomic E-state index is 12.6. The van der Waals surface area contributed by atoms with Gasteiger partial charge in [-0.1, -0.05) is 25.1 Å². The van der Waals surface area contributed by atoms with Crippen LogP contribution in [0.15, 0.2) is 24.3 Å². The highest BCUT2D eigenvalue weighted by atomic mass is 19.4. The van der Waals surface area contributed by atoms with Crippen LogP contribution < -0.4 is 5.73 Å². The fraction of sp³-hybridized carbons (Fsp3) is 0.571. The van der Waals surface area contributed by atoms with E-state index < -0.39 is 11.7 Å². The third-order valence-electron chi connectivity index (χ3n) is 3.80. The predicted octanol–water partition coefficient (Wildman–Crippen LogP) is 3.26. The van der Waals surface area contributed by atoms with Crippen molar-refractivity contribution in [2.24, 2.45) is 5.73 Å². The Kier molecular flexibility index (Phi) is 4.98. The molecule has 0 saturated heterocycles. The summed E-state index contributed by atoms with van der Waals surface area (Å²) < 4.78 is 37.9. The number of hydrogen-bond donors (Lipinski definition) is 1. The number of halogens is 3. The summed E-state index contributed by atoms with van der Waals surface area (Å²) in [4.78, 5) is 2.00. The van der Waals surface area contributed by atoms with Gasteiger partial charge in [0, 0.05) is 18.6 Å². The van der Waals surface area contributed by atoms with Crippen LogP contribution in [0, 0.1) is 0 Å². The normalized spacial score (nSPS) is 15.6. The van der Waals surface area contributed by atoms with Crippen LogP contribution in [0.4, 0.5) is 13.2 Å². The second kappa shape index (κ2) is 5.92. The maximum absolute atomic E-state index is 12.6. The molecular weight excluding hydrogens is 253 g/mol. The Morgan fingerprint density at radius 3 is 2.37 bits per heavy atom. The van der Waals surface area contributed by atoms with Gasteiger partial charge in [-0.25, -0.2) is 0 Å². The van der Waals surface area contributed by atoms with E-state index in [2.05, 4.69) is 0 Å². The van der Waals surface area contributed by atoms with E-state index >= 15 is 0 Å². The van der Waals surface area contributed by atoms with Crippen molar-refractivity contribution in [2.75, 3.05) is 13.6 Å². The van der Waals surface area contributed by atoms with Gasteiger partial charge in [0.25, 0.3) is 0 Å². The summed E-state index contributed by atoms with van der Waals surface area (Å²) >= 11 is 0. The molecule has 1 aromatic carbocycles. The van der Waals surface area contributed by atoms with Crippen molar-refractivity contribution in [3.05, 3.63) is 35.4 Å². The summed E-state index contributed by atoms with van der Waals surface area (Å²) in [7, 11) is 1.89. The molecule has 19 heavy (non-hydrogen) atoms. The highest BCUT2D eigenvalue weighted by Gasteiger charge is 2.31. The van der Waals surface area contributed by atoms with Crippen molar-refractivity contribution in [3.8, 4) is 0 Å². The van der Waals surface area contributed by atoms with Gasteiger partial charge in [0.2, 0.25) is 0 Å². The van der Waals surface area contributed by atoms with Crippen LogP contribution >= 0.6 is 0 Å². The van der Waals surface area contributed by atoms with E-state index in [1.807, 2.05) is 25.8 Å². The van der Waals surface area contributed by atoms with Crippen LogP contribution in [-0.2, 0) is 12.7 Å². The first kappa shape index (κ1) is 16.0. The summed E-state index contributed by atoms with van der Waals surface area (Å²) in [6.07, 6.45) is -3.45. The Morgan fingerprint density at radius 1 is 1.26 bits per heavy atom. The topological polar surface area (TPSA) is 29.3 Å². The summed E-state index contributed by atoms with van der Waals surface area (Å²) in [5.41, 5.74) is 5.59. The molecule has 0 saturated carbocycles. The van der Waals surface area contributed by atoms with E-state index in [4.69, 9.17) is 5.73 Å². The Hall–Kier alpha value is -1.07. The van der Waals surface area contributed by atoms with Gasteiger partial charge < -0.3 is 5.73 Å². The molecule has 0 aliphatic heterocycles. The molecule has 108 valence electrons. The lowest BCUT2D eigenvalue weighted by Crippen LogP contribution is -2.48. The van der Waals surface area contributed by atoms with Crippen molar-refractivity contribution >= 4 is 0 Å². The molecule has 1 aromatic rings. The maximum Gasteiger partial charge on any atom is 0.416 e. The number of nitrogens with zero attached hydrogens (tertiary/aromatic N) is 1. The molecule has 0 aliphatic rings. The summed E-state index contributed by atoms with van der Waals surface area (Å²) in [5, 5.41) is 0. The number of rotatable bonds is 5. The quantitative estimate of drug-likeness (QED) is 0.893. The average Bonchev–Trinajstić information content (AvgIpc) is 2.37. The van der Waals surface area contributed by atoms with Gasteiger partial charge in [-0.2, -0.15) is 13.2 Å². The van der Waals surface area contributed by atoms with Crippen LogP contribution in [0.25, 0.3) is 0 Å². The fourth-order valence-electron chi connectivity index (χ4n) is 1.88. The minimum atomic E-state index is -4.30. The Labute approximate surface area is 112 Å². The summed E-state index contributed by atoms with van der Waals surface area (Å²) in [6.45, 7) is 4.96. The van der Waals surface area contributed by atoms with E-state index in [0.717, 1.165) is 12.5 Å². The van der Waals surface area contributed by atoms with E-state index in [9.17, 15) is 13.2 Å². The number of likely N-dealkylation sites (N-methyl/N-ethyl adjacent to an activating group) is 1. The predicted molar refractivity (Wildman–Crippen MR) is 70.7 cm³/mol. The molecule has 0 amide bonds. The Bertz CT molecular complexity index is 411. The molecule has 0 heterocycles. The molecular formula is C14H21F3N2. The zero-order valence-electron chi connectivity index (χ0n) is 11.6. The van der Waals surface area contributed by atoms with Gasteiger partial charge in [0.05, 0.1) is 5.56 Å². The number of nitrogens with two attached hydrogens (primary N) is 1. The zero-order chi connectivity index (χ0) is 14.7. The SMILES string of the molecule is CCC(C)(CN)N(C)Cc1cccc(C(F)(F)F)c1. The van der Waals surface area contributed by atoms with Crippen molar-refractivity contribution < 1.29 is 13.2 Å². The third kappa shape index (κ3) is 3.94. The monoisotopic (exact) mass is 274 g/mol. The average molecular weight is 274 g/mol. The molecule has 1 atom stereocenters. The standard InChI is InChI=1S/C14H21F3N2/c1-4-13(2,10-18)19(3)9-11-6-5-7-12(8-11)14(15,16)17/h5-8H,4,9-10,18H2,1-3H3. The second-order valence-electron chi connectivity index (χ2n) is 5.11. The lowest BCUT2D eigenvalue weighted by molar-refractivity contribution is -0.137. The molecule has 0 bridgehead atoms. The van der Waals surface area contributed by atoms with Gasteiger partial charge >= 0.3 is 6.18 Å². The Balaban J connectivity index is 2.89. The lowest BCUT2D eigenvalue weighted by atomic mass is 9.96. The van der Waals surface area contributed by atoms with Crippen LogP contribution in [0.5, 0.6) is 0 Å². The molecule has 2 N–H and O–H groups in total. The molecule has 0 aromatic heterocycles. The van der Waals surface area contributed by atoms with Gasteiger partial charge in [-0.3, -0.25) is 4.90 Å². The van der Waals surface area contributed by atoms with Crippen LogP contribution in [0.3, 0.4) is 0 Å². The van der Waals surface area contributed by atoms with E-state index in [1.54, 1.807) is 6.07 Å². The molecule has 1 rings (SSSR count). The molecule has 0 fully saturated rings. The fourth-order valence-corrected chi connectivity index (χ4v) is 1.88. The van der Waals surface area contributed by atoms with Crippen molar-refractivity contribution in [2.45, 2.75) is 38.5 Å². The smallest absolute Gasteiger partial charge is 0.329 e. The lowest BCUT2D eigenvalue weighted by Gasteiger charge is -2.37. The number of hydrogen-bond acceptors (Lipinski definition) is 2. The molecule has 0 aliphatic carbocycles. The van der Waals surface area contributed by atoms with Crippen molar-refractivity contribution in [3.63, 3.8) is 0 Å². The largest absolute Gasteiger partial charge is 0.416 e. The first-order valence-electron chi connectivity index (χ1n) is 6.30. The zero-order valence-corrected chi connectivity index (χ0v) is 11.6. The molecule has 5 heteroatoms. The highest BCUT2D eigenvalue weighted by molar-refractivity contribution is 5.25. The van der Waals surface area contributed by atoms with Crippen molar-refractivity contribution in [1.82, 2.24) is 4.90 Å². The van der Waals surface area contributed by atoms with E-state index in [0.29, 0.717) is 18.7 Å². The van der Waals surface area contributed by atoms with Crippen LogP contribution in [0.1, 0.15) is 31.4 Å².